The van der Waals surface area contributed by atoms with Gasteiger partial charge in [-0.25, -0.2) is 0 Å². The molecule has 5 rings (SSSR count). The van der Waals surface area contributed by atoms with E-state index in [4.69, 9.17) is 0 Å². The van der Waals surface area contributed by atoms with E-state index in [1.807, 2.05) is 48.5 Å². The number of aromatic amines is 1. The van der Waals surface area contributed by atoms with Crippen LogP contribution in [-0.4, -0.2) is 4.98 Å². The first-order valence-corrected chi connectivity index (χ1v) is 8.56. The van der Waals surface area contributed by atoms with E-state index in [-0.39, 0.29) is 31.1 Å². The van der Waals surface area contributed by atoms with Crippen LogP contribution in [0.3, 0.4) is 0 Å². The first-order valence-electron chi connectivity index (χ1n) is 8.56. The summed E-state index contributed by atoms with van der Waals surface area (Å²) in [6.07, 6.45) is 0. The molecule has 0 aliphatic carbocycles. The Morgan fingerprint density at radius 1 is 0.556 bits per heavy atom. The number of para-hydroxylation sites is 4. The fraction of sp³-hybridized carbons (Fsp3) is 0. The van der Waals surface area contributed by atoms with Crippen LogP contribution in [0, 0.1) is 43.2 Å². The standard InChI is InChI=1S/2C12H9N.U/c1-3-7-11-9(5-1)10-6-2-4-8-12(10)13-11;1-3-7-11(8-4-1)13-12-9-5-2-6-10-12;/h1-8,13H;1-7,9,13H;/q;-2;+2. The smallest absolute Gasteiger partial charge is 0.401 e. The number of rotatable bonds is 2. The van der Waals surface area contributed by atoms with E-state index >= 15 is 0 Å². The second-order valence-corrected chi connectivity index (χ2v) is 5.89. The van der Waals surface area contributed by atoms with E-state index in [2.05, 4.69) is 71.0 Å². The van der Waals surface area contributed by atoms with Crippen LogP contribution in [0.5, 0.6) is 0 Å². The molecule has 0 spiro atoms. The Morgan fingerprint density at radius 3 is 1.44 bits per heavy atom. The maximum atomic E-state index is 3.38. The number of aromatic nitrogens is 1. The molecule has 3 heteroatoms. The van der Waals surface area contributed by atoms with Crippen molar-refractivity contribution >= 4 is 33.2 Å². The predicted molar refractivity (Wildman–Crippen MR) is 110 cm³/mol. The van der Waals surface area contributed by atoms with E-state index in [1.165, 1.54) is 21.8 Å². The normalized spacial score (nSPS) is 9.93. The summed E-state index contributed by atoms with van der Waals surface area (Å²) in [6, 6.07) is 38.5. The van der Waals surface area contributed by atoms with Crippen LogP contribution >= 0.6 is 0 Å². The van der Waals surface area contributed by atoms with Gasteiger partial charge in [0.2, 0.25) is 0 Å². The van der Waals surface area contributed by atoms with Crippen LogP contribution in [0.4, 0.5) is 11.4 Å². The topological polar surface area (TPSA) is 27.8 Å². The maximum Gasteiger partial charge on any atom is 2.00 e. The van der Waals surface area contributed by atoms with E-state index in [9.17, 15) is 0 Å². The zero-order valence-electron chi connectivity index (χ0n) is 14.7. The van der Waals surface area contributed by atoms with Gasteiger partial charge < -0.3 is 10.3 Å². The van der Waals surface area contributed by atoms with Gasteiger partial charge in [0.25, 0.3) is 0 Å². The minimum absolute atomic E-state index is 0. The summed E-state index contributed by atoms with van der Waals surface area (Å²) in [5.41, 5.74) is 4.35. The summed E-state index contributed by atoms with van der Waals surface area (Å²) in [6.45, 7) is 0. The van der Waals surface area contributed by atoms with Crippen molar-refractivity contribution in [2.24, 2.45) is 0 Å². The Balaban J connectivity index is 0.000000150. The van der Waals surface area contributed by atoms with Gasteiger partial charge in [0, 0.05) is 21.8 Å². The molecule has 0 saturated heterocycles. The number of hydrogen-bond acceptors (Lipinski definition) is 1. The summed E-state index contributed by atoms with van der Waals surface area (Å²) < 4.78 is 0. The molecule has 2 nitrogen and oxygen atoms in total. The van der Waals surface area contributed by atoms with Crippen LogP contribution < -0.4 is 5.32 Å². The molecule has 4 aromatic carbocycles. The van der Waals surface area contributed by atoms with Crippen LogP contribution in [0.2, 0.25) is 0 Å². The monoisotopic (exact) mass is 572 g/mol. The fourth-order valence-corrected chi connectivity index (χ4v) is 2.89. The van der Waals surface area contributed by atoms with Gasteiger partial charge in [-0.1, -0.05) is 47.8 Å². The molecule has 0 fully saturated rings. The molecule has 5 aromatic rings. The van der Waals surface area contributed by atoms with Crippen LogP contribution in [0.25, 0.3) is 21.8 Å². The van der Waals surface area contributed by atoms with Crippen molar-refractivity contribution < 1.29 is 31.1 Å². The van der Waals surface area contributed by atoms with Gasteiger partial charge in [-0.05, 0) is 12.1 Å². The molecule has 27 heavy (non-hydrogen) atoms. The van der Waals surface area contributed by atoms with Gasteiger partial charge in [0.05, 0.1) is 0 Å². The SMILES string of the molecule is [U+2].[c-]1ccccc1Nc1[c-]cccc1.c1ccc2c(c1)[nH]c1ccccc12. The van der Waals surface area contributed by atoms with E-state index in [0.717, 1.165) is 11.4 Å². The van der Waals surface area contributed by atoms with Gasteiger partial charge in [-0.15, -0.1) is 12.1 Å². The third kappa shape index (κ3) is 4.83. The molecule has 1 aromatic heterocycles. The summed E-state index contributed by atoms with van der Waals surface area (Å²) in [5.74, 6) is 0. The van der Waals surface area contributed by atoms with Crippen LogP contribution in [0.1, 0.15) is 0 Å². The Bertz CT molecular complexity index is 1010. The Labute approximate surface area is 183 Å². The van der Waals surface area contributed by atoms with E-state index in [1.54, 1.807) is 0 Å². The van der Waals surface area contributed by atoms with Crippen molar-refractivity contribution in [2.75, 3.05) is 5.32 Å². The largest absolute Gasteiger partial charge is 2.00 e. The predicted octanol–water partition coefficient (Wildman–Crippen LogP) is 6.35. The Kier molecular flexibility index (Phi) is 6.76. The van der Waals surface area contributed by atoms with Crippen molar-refractivity contribution in [2.45, 2.75) is 0 Å². The van der Waals surface area contributed by atoms with Gasteiger partial charge in [0.15, 0.2) is 0 Å². The summed E-state index contributed by atoms with van der Waals surface area (Å²) in [4.78, 5) is 3.38. The third-order valence-electron chi connectivity index (χ3n) is 4.10. The summed E-state index contributed by atoms with van der Waals surface area (Å²) in [7, 11) is 0. The van der Waals surface area contributed by atoms with Crippen LogP contribution in [-0.2, 0) is 0 Å². The second-order valence-electron chi connectivity index (χ2n) is 5.89. The number of hydrogen-bond donors (Lipinski definition) is 2. The second kappa shape index (κ2) is 9.46. The number of fused-ring (bicyclic) bond motifs is 3. The Hall–Kier alpha value is -2.47. The molecule has 128 valence electrons. The first-order chi connectivity index (χ1) is 12.9. The zero-order valence-corrected chi connectivity index (χ0v) is 18.9. The van der Waals surface area contributed by atoms with Gasteiger partial charge in [0.1, 0.15) is 0 Å². The molecular formula is C24H18N2U. The van der Waals surface area contributed by atoms with E-state index < -0.39 is 0 Å². The first kappa shape index (κ1) is 19.3. The van der Waals surface area contributed by atoms with Crippen molar-refractivity contribution in [1.29, 1.82) is 0 Å². The van der Waals surface area contributed by atoms with Crippen molar-refractivity contribution in [3.05, 3.63) is 109 Å². The quantitative estimate of drug-likeness (QED) is 0.237. The summed E-state index contributed by atoms with van der Waals surface area (Å²) in [5, 5.41) is 5.80. The molecule has 0 amide bonds. The number of H-pyrrole nitrogens is 1. The molecular weight excluding hydrogens is 554 g/mol. The average molecular weight is 572 g/mol. The molecule has 1 heterocycles. The Morgan fingerprint density at radius 2 is 1.00 bits per heavy atom. The number of nitrogens with one attached hydrogen (secondary N) is 2. The molecule has 0 radical (unpaired) electrons. The average Bonchev–Trinajstić information content (AvgIpc) is 3.09. The molecule has 0 saturated carbocycles. The van der Waals surface area contributed by atoms with Crippen molar-refractivity contribution in [3.8, 4) is 0 Å². The number of anilines is 2. The molecule has 2 N–H and O–H groups in total. The molecule has 0 atom stereocenters. The minimum atomic E-state index is 0. The zero-order chi connectivity index (χ0) is 17.6. The van der Waals surface area contributed by atoms with Crippen molar-refractivity contribution in [3.63, 3.8) is 0 Å². The fourth-order valence-electron chi connectivity index (χ4n) is 2.89. The van der Waals surface area contributed by atoms with Crippen molar-refractivity contribution in [1.82, 2.24) is 4.98 Å². The molecule has 0 unspecified atom stereocenters. The van der Waals surface area contributed by atoms with Gasteiger partial charge in [-0.2, -0.15) is 48.5 Å². The molecule has 0 aliphatic rings. The third-order valence-corrected chi connectivity index (χ3v) is 4.10. The molecule has 0 aliphatic heterocycles. The molecule has 0 bridgehead atoms. The van der Waals surface area contributed by atoms with E-state index in [0.29, 0.717) is 0 Å². The van der Waals surface area contributed by atoms with Gasteiger partial charge >= 0.3 is 31.1 Å². The minimum Gasteiger partial charge on any atom is -0.401 e. The number of benzene rings is 4. The van der Waals surface area contributed by atoms with Gasteiger partial charge in [-0.3, -0.25) is 0 Å². The maximum absolute atomic E-state index is 3.38. The summed E-state index contributed by atoms with van der Waals surface area (Å²) >= 11 is 0. The van der Waals surface area contributed by atoms with Crippen LogP contribution in [0.15, 0.2) is 97.1 Å².